The van der Waals surface area contributed by atoms with E-state index in [0.717, 1.165) is 17.2 Å². The highest BCUT2D eigenvalue weighted by Gasteiger charge is 2.02. The van der Waals surface area contributed by atoms with Crippen molar-refractivity contribution < 1.29 is 19.0 Å². The van der Waals surface area contributed by atoms with Crippen LogP contribution in [-0.2, 0) is 14.3 Å². The summed E-state index contributed by atoms with van der Waals surface area (Å²) in [6, 6.07) is 16.9. The predicted octanol–water partition coefficient (Wildman–Crippen LogP) is 4.43. The van der Waals surface area contributed by atoms with E-state index < -0.39 is 5.97 Å². The van der Waals surface area contributed by atoms with Crippen LogP contribution < -0.4 is 4.74 Å². The lowest BCUT2D eigenvalue weighted by atomic mass is 10.0. The number of ether oxygens (including phenoxy) is 3. The Labute approximate surface area is 153 Å². The molecule has 0 aliphatic rings. The van der Waals surface area contributed by atoms with Gasteiger partial charge < -0.3 is 14.2 Å². The summed E-state index contributed by atoms with van der Waals surface area (Å²) in [6.07, 6.45) is 1.13. The van der Waals surface area contributed by atoms with Gasteiger partial charge in [0, 0.05) is 6.08 Å². The van der Waals surface area contributed by atoms with Crippen LogP contribution in [0.25, 0.3) is 21.5 Å². The van der Waals surface area contributed by atoms with Crippen LogP contribution in [-0.4, -0.2) is 32.4 Å². The van der Waals surface area contributed by atoms with Gasteiger partial charge in [0.1, 0.15) is 19.0 Å². The fourth-order valence-electron chi connectivity index (χ4n) is 2.77. The van der Waals surface area contributed by atoms with Gasteiger partial charge in [-0.05, 0) is 52.7 Å². The number of carbonyl (C=O) groups is 1. The van der Waals surface area contributed by atoms with E-state index >= 15 is 0 Å². The number of esters is 1. The molecule has 26 heavy (non-hydrogen) atoms. The molecule has 4 heteroatoms. The molecule has 0 aromatic heterocycles. The van der Waals surface area contributed by atoms with Crippen molar-refractivity contribution in [2.45, 2.75) is 6.92 Å². The van der Waals surface area contributed by atoms with Gasteiger partial charge in [-0.1, -0.05) is 36.4 Å². The summed E-state index contributed by atoms with van der Waals surface area (Å²) in [5, 5.41) is 4.81. The zero-order valence-electron chi connectivity index (χ0n) is 14.9. The Balaban J connectivity index is 1.54. The zero-order valence-corrected chi connectivity index (χ0v) is 14.9. The van der Waals surface area contributed by atoms with Crippen LogP contribution in [0.4, 0.5) is 0 Å². The Morgan fingerprint density at radius 3 is 2.35 bits per heavy atom. The molecule has 0 heterocycles. The number of hydrogen-bond acceptors (Lipinski definition) is 4. The maximum atomic E-state index is 10.9. The van der Waals surface area contributed by atoms with Gasteiger partial charge in [0.25, 0.3) is 0 Å². The summed E-state index contributed by atoms with van der Waals surface area (Å²) in [5.41, 5.74) is 1.26. The van der Waals surface area contributed by atoms with Crippen LogP contribution in [0.1, 0.15) is 5.56 Å². The summed E-state index contributed by atoms with van der Waals surface area (Å²) >= 11 is 0. The van der Waals surface area contributed by atoms with Gasteiger partial charge in [-0.3, -0.25) is 0 Å². The third kappa shape index (κ3) is 4.61. The average molecular weight is 350 g/mol. The van der Waals surface area contributed by atoms with Crippen molar-refractivity contribution >= 4 is 27.5 Å². The third-order valence-electron chi connectivity index (χ3n) is 4.06. The molecule has 4 nitrogen and oxygen atoms in total. The third-order valence-corrected chi connectivity index (χ3v) is 4.06. The summed E-state index contributed by atoms with van der Waals surface area (Å²) in [6.45, 7) is 6.86. The summed E-state index contributed by atoms with van der Waals surface area (Å²) < 4.78 is 15.9. The van der Waals surface area contributed by atoms with Gasteiger partial charge in [-0.2, -0.15) is 0 Å². The van der Waals surface area contributed by atoms with Crippen LogP contribution in [0, 0.1) is 6.92 Å². The summed E-state index contributed by atoms with van der Waals surface area (Å²) in [4.78, 5) is 10.9. The van der Waals surface area contributed by atoms with Crippen molar-refractivity contribution in [1.82, 2.24) is 0 Å². The lowest BCUT2D eigenvalue weighted by Crippen LogP contribution is -2.12. The van der Waals surface area contributed by atoms with E-state index in [-0.39, 0.29) is 6.61 Å². The van der Waals surface area contributed by atoms with Crippen LogP contribution >= 0.6 is 0 Å². The van der Waals surface area contributed by atoms with Crippen molar-refractivity contribution in [2.24, 2.45) is 0 Å². The zero-order chi connectivity index (χ0) is 18.4. The first kappa shape index (κ1) is 18.0. The summed E-state index contributed by atoms with van der Waals surface area (Å²) in [7, 11) is 0. The Morgan fingerprint density at radius 1 is 0.885 bits per heavy atom. The molecule has 3 rings (SSSR count). The Kier molecular flexibility index (Phi) is 5.87. The highest BCUT2D eigenvalue weighted by atomic mass is 16.6. The summed E-state index contributed by atoms with van der Waals surface area (Å²) in [5.74, 6) is 0.370. The SMILES string of the molecule is C=CC(=O)OCCOCCOc1ccc2cc3cc(C)ccc3cc2c1. The molecule has 134 valence electrons. The molecule has 0 saturated heterocycles. The van der Waals surface area contributed by atoms with E-state index in [1.807, 2.05) is 12.1 Å². The largest absolute Gasteiger partial charge is 0.491 e. The first-order chi connectivity index (χ1) is 12.7. The fourth-order valence-corrected chi connectivity index (χ4v) is 2.77. The van der Waals surface area contributed by atoms with Gasteiger partial charge in [0.15, 0.2) is 0 Å². The van der Waals surface area contributed by atoms with Crippen LogP contribution in [0.3, 0.4) is 0 Å². The van der Waals surface area contributed by atoms with E-state index in [1.165, 1.54) is 21.7 Å². The number of hydrogen-bond donors (Lipinski definition) is 0. The molecule has 0 spiro atoms. The molecule has 0 radical (unpaired) electrons. The Morgan fingerprint density at radius 2 is 1.58 bits per heavy atom. The second kappa shape index (κ2) is 8.50. The van der Waals surface area contributed by atoms with Gasteiger partial charge >= 0.3 is 5.97 Å². The minimum absolute atomic E-state index is 0.216. The lowest BCUT2D eigenvalue weighted by molar-refractivity contribution is -0.139. The van der Waals surface area contributed by atoms with Gasteiger partial charge in [0.2, 0.25) is 0 Å². The standard InChI is InChI=1S/C22H22O4/c1-3-22(23)26-11-9-24-8-10-25-21-7-6-18-13-19-12-16(2)4-5-17(19)14-20(18)15-21/h3-7,12-15H,1,8-11H2,2H3. The molecule has 0 fully saturated rings. The van der Waals surface area contributed by atoms with E-state index in [9.17, 15) is 4.79 Å². The molecule has 0 bridgehead atoms. The number of benzene rings is 3. The molecule has 3 aromatic rings. The van der Waals surface area contributed by atoms with E-state index in [0.29, 0.717) is 19.8 Å². The molecule has 0 unspecified atom stereocenters. The number of carbonyl (C=O) groups excluding carboxylic acids is 1. The maximum absolute atomic E-state index is 10.9. The van der Waals surface area contributed by atoms with Crippen molar-refractivity contribution in [1.29, 1.82) is 0 Å². The average Bonchev–Trinajstić information content (AvgIpc) is 2.65. The second-order valence-electron chi connectivity index (χ2n) is 6.04. The van der Waals surface area contributed by atoms with Crippen LogP contribution in [0.15, 0.2) is 61.2 Å². The maximum Gasteiger partial charge on any atom is 0.330 e. The van der Waals surface area contributed by atoms with E-state index in [2.05, 4.69) is 49.9 Å². The molecule has 0 amide bonds. The van der Waals surface area contributed by atoms with Crippen molar-refractivity contribution in [3.63, 3.8) is 0 Å². The highest BCUT2D eigenvalue weighted by molar-refractivity contribution is 5.98. The molecule has 3 aromatic carbocycles. The van der Waals surface area contributed by atoms with Gasteiger partial charge in [0.05, 0.1) is 13.2 Å². The Hall–Kier alpha value is -2.85. The van der Waals surface area contributed by atoms with Crippen LogP contribution in [0.5, 0.6) is 5.75 Å². The van der Waals surface area contributed by atoms with Crippen LogP contribution in [0.2, 0.25) is 0 Å². The first-order valence-corrected chi connectivity index (χ1v) is 8.59. The van der Waals surface area contributed by atoms with Gasteiger partial charge in [-0.25, -0.2) is 4.79 Å². The van der Waals surface area contributed by atoms with Crippen molar-refractivity contribution in [3.05, 3.63) is 66.7 Å². The molecule has 0 aliphatic heterocycles. The highest BCUT2D eigenvalue weighted by Crippen LogP contribution is 2.26. The molecule has 0 saturated carbocycles. The van der Waals surface area contributed by atoms with Gasteiger partial charge in [-0.15, -0.1) is 0 Å². The van der Waals surface area contributed by atoms with E-state index in [4.69, 9.17) is 14.2 Å². The topological polar surface area (TPSA) is 44.8 Å². The minimum Gasteiger partial charge on any atom is -0.491 e. The molecular weight excluding hydrogens is 328 g/mol. The number of fused-ring (bicyclic) bond motifs is 2. The molecular formula is C22H22O4. The predicted molar refractivity (Wildman–Crippen MR) is 104 cm³/mol. The fraction of sp³-hybridized carbons (Fsp3) is 0.227. The molecule has 0 aliphatic carbocycles. The van der Waals surface area contributed by atoms with Crippen molar-refractivity contribution in [2.75, 3.05) is 26.4 Å². The Bertz CT molecular complexity index is 930. The second-order valence-corrected chi connectivity index (χ2v) is 6.04. The minimum atomic E-state index is -0.441. The smallest absolute Gasteiger partial charge is 0.330 e. The van der Waals surface area contributed by atoms with E-state index in [1.54, 1.807) is 0 Å². The number of aryl methyl sites for hydroxylation is 1. The molecule has 0 N–H and O–H groups in total. The quantitative estimate of drug-likeness (QED) is 0.261. The number of rotatable bonds is 8. The first-order valence-electron chi connectivity index (χ1n) is 8.59. The lowest BCUT2D eigenvalue weighted by Gasteiger charge is -2.09. The monoisotopic (exact) mass is 350 g/mol. The van der Waals surface area contributed by atoms with Crippen molar-refractivity contribution in [3.8, 4) is 5.75 Å². The molecule has 0 atom stereocenters. The normalized spacial score (nSPS) is 10.8.